The molecule has 0 amide bonds. The van der Waals surface area contributed by atoms with Gasteiger partial charge < -0.3 is 15.0 Å². The second-order valence-electron chi connectivity index (χ2n) is 5.60. The minimum atomic E-state index is 0.561. The Kier molecular flexibility index (Phi) is 4.16. The number of hydrogen-bond acceptors (Lipinski definition) is 2. The molecule has 3 nitrogen and oxygen atoms in total. The molecule has 2 N–H and O–H groups in total. The molecule has 0 aliphatic rings. The predicted molar refractivity (Wildman–Crippen MR) is 91.0 cm³/mol. The van der Waals surface area contributed by atoms with Gasteiger partial charge in [-0.1, -0.05) is 18.2 Å². The van der Waals surface area contributed by atoms with Crippen molar-refractivity contribution in [3.05, 3.63) is 65.4 Å². The Bertz CT molecular complexity index is 789. The maximum absolute atomic E-state index is 5.97. The predicted octanol–water partition coefficient (Wildman–Crippen LogP) is 4.01. The van der Waals surface area contributed by atoms with Crippen LogP contribution in [0.15, 0.2) is 48.7 Å². The number of aryl methyl sites for hydroxylation is 2. The average molecular weight is 294 g/mol. The highest BCUT2D eigenvalue weighted by atomic mass is 16.5. The molecule has 0 atom stereocenters. The van der Waals surface area contributed by atoms with Crippen molar-refractivity contribution in [1.82, 2.24) is 4.57 Å². The van der Waals surface area contributed by atoms with Crippen molar-refractivity contribution in [2.24, 2.45) is 5.73 Å². The van der Waals surface area contributed by atoms with E-state index in [-0.39, 0.29) is 0 Å². The summed E-state index contributed by atoms with van der Waals surface area (Å²) in [6, 6.07) is 14.6. The van der Waals surface area contributed by atoms with Crippen molar-refractivity contribution in [3.63, 3.8) is 0 Å². The van der Waals surface area contributed by atoms with Crippen molar-refractivity contribution in [3.8, 4) is 5.75 Å². The average Bonchev–Trinajstić information content (AvgIpc) is 2.90. The lowest BCUT2D eigenvalue weighted by Gasteiger charge is -2.06. The smallest absolute Gasteiger partial charge is 0.120 e. The quantitative estimate of drug-likeness (QED) is 0.772. The van der Waals surface area contributed by atoms with Gasteiger partial charge in [0.15, 0.2) is 0 Å². The van der Waals surface area contributed by atoms with Gasteiger partial charge in [0.05, 0.1) is 0 Å². The van der Waals surface area contributed by atoms with Gasteiger partial charge in [-0.05, 0) is 49.2 Å². The molecular weight excluding hydrogens is 272 g/mol. The molecule has 0 unspecified atom stereocenters. The van der Waals surface area contributed by atoms with Crippen LogP contribution in [0.3, 0.4) is 0 Å². The van der Waals surface area contributed by atoms with Crippen LogP contribution in [0, 0.1) is 6.92 Å². The van der Waals surface area contributed by atoms with Crippen LogP contribution in [0.4, 0.5) is 0 Å². The summed E-state index contributed by atoms with van der Waals surface area (Å²) in [7, 11) is 0. The van der Waals surface area contributed by atoms with Crippen LogP contribution in [-0.2, 0) is 19.7 Å². The molecule has 1 aromatic heterocycles. The van der Waals surface area contributed by atoms with E-state index in [0.717, 1.165) is 17.9 Å². The van der Waals surface area contributed by atoms with Crippen LogP contribution >= 0.6 is 0 Å². The maximum atomic E-state index is 5.97. The number of ether oxygens (including phenoxy) is 1. The Morgan fingerprint density at radius 2 is 2.00 bits per heavy atom. The zero-order valence-electron chi connectivity index (χ0n) is 13.2. The molecule has 0 fully saturated rings. The van der Waals surface area contributed by atoms with Gasteiger partial charge in [-0.3, -0.25) is 0 Å². The summed E-state index contributed by atoms with van der Waals surface area (Å²) in [5.41, 5.74) is 10.6. The molecule has 0 aliphatic heterocycles. The summed E-state index contributed by atoms with van der Waals surface area (Å²) >= 11 is 0. The van der Waals surface area contributed by atoms with Crippen LogP contribution in [-0.4, -0.2) is 4.57 Å². The van der Waals surface area contributed by atoms with Gasteiger partial charge >= 0.3 is 0 Å². The van der Waals surface area contributed by atoms with Crippen LogP contribution in [0.1, 0.15) is 23.6 Å². The molecule has 22 heavy (non-hydrogen) atoms. The van der Waals surface area contributed by atoms with Gasteiger partial charge in [0, 0.05) is 35.8 Å². The molecule has 2 aromatic carbocycles. The Balaban J connectivity index is 1.92. The van der Waals surface area contributed by atoms with Crippen molar-refractivity contribution >= 4 is 10.9 Å². The molecule has 0 aliphatic carbocycles. The van der Waals surface area contributed by atoms with Crippen LogP contribution in [0.25, 0.3) is 10.9 Å². The van der Waals surface area contributed by atoms with Crippen LogP contribution in [0.2, 0.25) is 0 Å². The zero-order valence-corrected chi connectivity index (χ0v) is 13.2. The van der Waals surface area contributed by atoms with Crippen molar-refractivity contribution in [2.45, 2.75) is 33.5 Å². The highest BCUT2D eigenvalue weighted by Gasteiger charge is 2.09. The molecule has 3 heteroatoms. The molecule has 3 aromatic rings. The third-order valence-electron chi connectivity index (χ3n) is 3.99. The molecular formula is C19H22N2O. The lowest BCUT2D eigenvalue weighted by Crippen LogP contribution is -1.97. The Morgan fingerprint density at radius 1 is 1.14 bits per heavy atom. The number of hydrogen-bond donors (Lipinski definition) is 1. The number of rotatable bonds is 5. The molecule has 3 rings (SSSR count). The molecule has 0 radical (unpaired) electrons. The number of benzene rings is 2. The molecule has 0 saturated carbocycles. The summed E-state index contributed by atoms with van der Waals surface area (Å²) in [5, 5.41) is 1.23. The SMILES string of the molecule is CCn1cc(COc2cccc(C)c2)c2cc(CN)ccc21. The minimum absolute atomic E-state index is 0.561. The van der Waals surface area contributed by atoms with Gasteiger partial charge in [-0.25, -0.2) is 0 Å². The van der Waals surface area contributed by atoms with Gasteiger partial charge in [-0.15, -0.1) is 0 Å². The second kappa shape index (κ2) is 6.24. The topological polar surface area (TPSA) is 40.2 Å². The lowest BCUT2D eigenvalue weighted by atomic mass is 10.1. The minimum Gasteiger partial charge on any atom is -0.489 e. The molecule has 114 valence electrons. The summed E-state index contributed by atoms with van der Waals surface area (Å²) in [4.78, 5) is 0. The van der Waals surface area contributed by atoms with Gasteiger partial charge in [0.1, 0.15) is 12.4 Å². The third-order valence-corrected chi connectivity index (χ3v) is 3.99. The van der Waals surface area contributed by atoms with Crippen molar-refractivity contribution in [2.75, 3.05) is 0 Å². The monoisotopic (exact) mass is 294 g/mol. The first kappa shape index (κ1) is 14.7. The van der Waals surface area contributed by atoms with E-state index in [2.05, 4.69) is 54.9 Å². The van der Waals surface area contributed by atoms with Gasteiger partial charge in [0.2, 0.25) is 0 Å². The van der Waals surface area contributed by atoms with Crippen LogP contribution in [0.5, 0.6) is 5.75 Å². The van der Waals surface area contributed by atoms with E-state index in [9.17, 15) is 0 Å². The highest BCUT2D eigenvalue weighted by molar-refractivity contribution is 5.84. The lowest BCUT2D eigenvalue weighted by molar-refractivity contribution is 0.307. The second-order valence-corrected chi connectivity index (χ2v) is 5.60. The molecule has 1 heterocycles. The highest BCUT2D eigenvalue weighted by Crippen LogP contribution is 2.25. The number of fused-ring (bicyclic) bond motifs is 1. The van der Waals surface area contributed by atoms with Crippen molar-refractivity contribution < 1.29 is 4.74 Å². The Labute approximate surface area is 131 Å². The van der Waals surface area contributed by atoms with E-state index >= 15 is 0 Å². The van der Waals surface area contributed by atoms with E-state index in [1.165, 1.54) is 22.0 Å². The fourth-order valence-electron chi connectivity index (χ4n) is 2.79. The Hall–Kier alpha value is -2.26. The Morgan fingerprint density at radius 3 is 2.73 bits per heavy atom. The fraction of sp³-hybridized carbons (Fsp3) is 0.263. The standard InChI is InChI=1S/C19H22N2O/c1-3-21-12-16(13-22-17-6-4-5-14(2)9-17)18-10-15(11-20)7-8-19(18)21/h4-10,12H,3,11,13,20H2,1-2H3. The maximum Gasteiger partial charge on any atom is 0.120 e. The van der Waals surface area contributed by atoms with Gasteiger partial charge in [0.25, 0.3) is 0 Å². The van der Waals surface area contributed by atoms with Crippen LogP contribution < -0.4 is 10.5 Å². The summed E-state index contributed by atoms with van der Waals surface area (Å²) < 4.78 is 8.22. The number of aromatic nitrogens is 1. The zero-order chi connectivity index (χ0) is 15.5. The summed E-state index contributed by atoms with van der Waals surface area (Å²) in [6.07, 6.45) is 2.18. The van der Waals surface area contributed by atoms with E-state index < -0.39 is 0 Å². The van der Waals surface area contributed by atoms with Gasteiger partial charge in [-0.2, -0.15) is 0 Å². The first-order chi connectivity index (χ1) is 10.7. The number of nitrogens with two attached hydrogens (primary N) is 1. The first-order valence-corrected chi connectivity index (χ1v) is 7.71. The van der Waals surface area contributed by atoms with E-state index in [4.69, 9.17) is 10.5 Å². The molecule has 0 saturated heterocycles. The summed E-state index contributed by atoms with van der Waals surface area (Å²) in [6.45, 7) is 6.31. The van der Waals surface area contributed by atoms with E-state index in [0.29, 0.717) is 13.2 Å². The largest absolute Gasteiger partial charge is 0.489 e. The third kappa shape index (κ3) is 2.85. The first-order valence-electron chi connectivity index (χ1n) is 7.71. The molecule has 0 spiro atoms. The molecule has 0 bridgehead atoms. The normalized spacial score (nSPS) is 11.0. The van der Waals surface area contributed by atoms with E-state index in [1.807, 2.05) is 12.1 Å². The van der Waals surface area contributed by atoms with Crippen molar-refractivity contribution in [1.29, 1.82) is 0 Å². The fourth-order valence-corrected chi connectivity index (χ4v) is 2.79. The number of nitrogens with zero attached hydrogens (tertiary/aromatic N) is 1. The van der Waals surface area contributed by atoms with E-state index in [1.54, 1.807) is 0 Å². The summed E-state index contributed by atoms with van der Waals surface area (Å²) in [5.74, 6) is 0.910.